The number of nitro groups is 1. The zero-order valence-electron chi connectivity index (χ0n) is 7.73. The van der Waals surface area contributed by atoms with Gasteiger partial charge in [-0.15, -0.1) is 0 Å². The number of benzene rings is 1. The minimum Gasteiger partial charge on any atom is -0.508 e. The van der Waals surface area contributed by atoms with E-state index in [-0.39, 0.29) is 0 Å². The third-order valence-electron chi connectivity index (χ3n) is 1.90. The third kappa shape index (κ3) is 2.40. The van der Waals surface area contributed by atoms with Gasteiger partial charge in [-0.3, -0.25) is 10.1 Å². The van der Waals surface area contributed by atoms with Crippen LogP contribution in [0, 0.1) is 10.1 Å². The molecule has 0 spiro atoms. The van der Waals surface area contributed by atoms with Crippen molar-refractivity contribution in [1.82, 2.24) is 0 Å². The molecule has 1 atom stereocenters. The van der Waals surface area contributed by atoms with Gasteiger partial charge in [0.25, 0.3) is 5.69 Å². The topological polar surface area (TPSA) is 89.4 Å². The number of phenolic OH excluding ortho intramolecular Hbond substituents is 1. The normalized spacial score (nSPS) is 13.5. The number of hydrogen-bond donors (Lipinski definition) is 2. The van der Waals surface area contributed by atoms with Gasteiger partial charge in [-0.05, 0) is 12.1 Å². The maximum Gasteiger partial charge on any atom is 0.407 e. The van der Waals surface area contributed by atoms with E-state index in [0.717, 1.165) is 12.1 Å². The van der Waals surface area contributed by atoms with Crippen LogP contribution < -0.4 is 5.73 Å². The standard InChI is InChI=1S/C8H7F3N2O3/c9-8(10,11)7(12)5-3-4(14)1-2-6(5)13(15)16/h1-3,7,14H,12H2. The van der Waals surface area contributed by atoms with Crippen LogP contribution in [0.15, 0.2) is 18.2 Å². The molecule has 3 N–H and O–H groups in total. The van der Waals surface area contributed by atoms with Crippen LogP contribution in [0.4, 0.5) is 18.9 Å². The van der Waals surface area contributed by atoms with E-state index in [2.05, 4.69) is 0 Å². The second-order valence-corrected chi connectivity index (χ2v) is 3.02. The number of hydrogen-bond acceptors (Lipinski definition) is 4. The molecule has 1 aromatic rings. The fourth-order valence-electron chi connectivity index (χ4n) is 1.13. The monoisotopic (exact) mass is 236 g/mol. The highest BCUT2D eigenvalue weighted by molar-refractivity contribution is 5.47. The second kappa shape index (κ2) is 3.97. The van der Waals surface area contributed by atoms with Crippen LogP contribution in [0.5, 0.6) is 5.75 Å². The molecule has 0 saturated carbocycles. The van der Waals surface area contributed by atoms with Gasteiger partial charge in [0.2, 0.25) is 0 Å². The summed E-state index contributed by atoms with van der Waals surface area (Å²) in [4.78, 5) is 9.48. The summed E-state index contributed by atoms with van der Waals surface area (Å²) in [5.74, 6) is -0.514. The van der Waals surface area contributed by atoms with Crippen LogP contribution in [0.2, 0.25) is 0 Å². The number of nitrogens with zero attached hydrogens (tertiary/aromatic N) is 1. The van der Waals surface area contributed by atoms with E-state index in [9.17, 15) is 23.3 Å². The van der Waals surface area contributed by atoms with Gasteiger partial charge < -0.3 is 10.8 Å². The first-order valence-electron chi connectivity index (χ1n) is 4.03. The minimum atomic E-state index is -4.81. The molecule has 1 aromatic carbocycles. The summed E-state index contributed by atoms with van der Waals surface area (Å²) in [5.41, 5.74) is 3.30. The summed E-state index contributed by atoms with van der Waals surface area (Å²) in [6.07, 6.45) is -4.81. The van der Waals surface area contributed by atoms with Crippen LogP contribution in [0.3, 0.4) is 0 Å². The largest absolute Gasteiger partial charge is 0.508 e. The van der Waals surface area contributed by atoms with Crippen LogP contribution in [0.25, 0.3) is 0 Å². The Kier molecular flexibility index (Phi) is 3.04. The maximum absolute atomic E-state index is 12.3. The predicted molar refractivity (Wildman–Crippen MR) is 47.7 cm³/mol. The zero-order valence-corrected chi connectivity index (χ0v) is 7.73. The van der Waals surface area contributed by atoms with Gasteiger partial charge in [-0.2, -0.15) is 13.2 Å². The third-order valence-corrected chi connectivity index (χ3v) is 1.90. The first-order valence-corrected chi connectivity index (χ1v) is 4.03. The molecular weight excluding hydrogens is 229 g/mol. The highest BCUT2D eigenvalue weighted by Crippen LogP contribution is 2.36. The molecule has 0 radical (unpaired) electrons. The summed E-state index contributed by atoms with van der Waals surface area (Å²) < 4.78 is 36.8. The van der Waals surface area contributed by atoms with Crippen molar-refractivity contribution in [3.05, 3.63) is 33.9 Å². The van der Waals surface area contributed by atoms with Crippen molar-refractivity contribution in [2.75, 3.05) is 0 Å². The molecule has 88 valence electrons. The lowest BCUT2D eigenvalue weighted by atomic mass is 10.0. The maximum atomic E-state index is 12.3. The Morgan fingerprint density at radius 1 is 1.44 bits per heavy atom. The van der Waals surface area contributed by atoms with Crippen LogP contribution in [0.1, 0.15) is 11.6 Å². The van der Waals surface area contributed by atoms with Gasteiger partial charge in [0.1, 0.15) is 11.8 Å². The minimum absolute atomic E-state index is 0.514. The lowest BCUT2D eigenvalue weighted by molar-refractivity contribution is -0.386. The molecule has 0 aliphatic carbocycles. The lowest BCUT2D eigenvalue weighted by Crippen LogP contribution is -2.29. The molecule has 5 nitrogen and oxygen atoms in total. The average Bonchev–Trinajstić information content (AvgIpc) is 2.14. The van der Waals surface area contributed by atoms with Crippen molar-refractivity contribution < 1.29 is 23.2 Å². The molecule has 0 amide bonds. The number of nitro benzene ring substituents is 1. The summed E-state index contributed by atoms with van der Waals surface area (Å²) in [6.45, 7) is 0. The SMILES string of the molecule is NC(c1cc(O)ccc1[N+](=O)[O-])C(F)(F)F. The summed E-state index contributed by atoms with van der Waals surface area (Å²) in [7, 11) is 0. The molecule has 16 heavy (non-hydrogen) atoms. The Morgan fingerprint density at radius 2 is 2.00 bits per heavy atom. The van der Waals surface area contributed by atoms with Gasteiger partial charge in [0.15, 0.2) is 0 Å². The quantitative estimate of drug-likeness (QED) is 0.605. The molecule has 0 saturated heterocycles. The molecule has 0 fully saturated rings. The number of rotatable bonds is 2. The highest BCUT2D eigenvalue weighted by Gasteiger charge is 2.41. The molecule has 0 bridgehead atoms. The number of phenols is 1. The van der Waals surface area contributed by atoms with E-state index in [0.29, 0.717) is 6.07 Å². The van der Waals surface area contributed by atoms with E-state index in [1.54, 1.807) is 0 Å². The van der Waals surface area contributed by atoms with Gasteiger partial charge in [0, 0.05) is 6.07 Å². The fourth-order valence-corrected chi connectivity index (χ4v) is 1.13. The number of alkyl halides is 3. The highest BCUT2D eigenvalue weighted by atomic mass is 19.4. The van der Waals surface area contributed by atoms with Crippen molar-refractivity contribution in [2.45, 2.75) is 12.2 Å². The molecular formula is C8H7F3N2O3. The van der Waals surface area contributed by atoms with Crippen molar-refractivity contribution in [1.29, 1.82) is 0 Å². The van der Waals surface area contributed by atoms with Crippen molar-refractivity contribution >= 4 is 5.69 Å². The second-order valence-electron chi connectivity index (χ2n) is 3.02. The average molecular weight is 236 g/mol. The summed E-state index contributed by atoms with van der Waals surface area (Å²) in [5, 5.41) is 19.5. The zero-order chi connectivity index (χ0) is 12.5. The molecule has 0 aromatic heterocycles. The van der Waals surface area contributed by atoms with E-state index in [1.807, 2.05) is 0 Å². The van der Waals surface area contributed by atoms with Gasteiger partial charge in [-0.25, -0.2) is 0 Å². The van der Waals surface area contributed by atoms with Gasteiger partial charge in [-0.1, -0.05) is 0 Å². The van der Waals surface area contributed by atoms with Gasteiger partial charge in [0.05, 0.1) is 10.5 Å². The van der Waals surface area contributed by atoms with E-state index in [1.165, 1.54) is 0 Å². The summed E-state index contributed by atoms with van der Waals surface area (Å²) in [6, 6.07) is -0.169. The van der Waals surface area contributed by atoms with Crippen LogP contribution >= 0.6 is 0 Å². The van der Waals surface area contributed by atoms with Crippen molar-refractivity contribution in [3.8, 4) is 5.75 Å². The molecule has 0 aliphatic rings. The number of halogens is 3. The Bertz CT molecular complexity index is 419. The number of aromatic hydroxyl groups is 1. The van der Waals surface area contributed by atoms with E-state index >= 15 is 0 Å². The molecule has 1 rings (SSSR count). The van der Waals surface area contributed by atoms with E-state index < -0.39 is 34.1 Å². The molecule has 0 aliphatic heterocycles. The Balaban J connectivity index is 3.30. The lowest BCUT2D eigenvalue weighted by Gasteiger charge is -2.15. The van der Waals surface area contributed by atoms with Crippen molar-refractivity contribution in [3.63, 3.8) is 0 Å². The Hall–Kier alpha value is -1.83. The Labute approximate surface area is 87.4 Å². The van der Waals surface area contributed by atoms with Crippen LogP contribution in [-0.4, -0.2) is 16.2 Å². The fraction of sp³-hybridized carbons (Fsp3) is 0.250. The first kappa shape index (κ1) is 12.2. The Morgan fingerprint density at radius 3 is 2.44 bits per heavy atom. The molecule has 0 heterocycles. The smallest absolute Gasteiger partial charge is 0.407 e. The summed E-state index contributed by atoms with van der Waals surface area (Å²) >= 11 is 0. The molecule has 8 heteroatoms. The van der Waals surface area contributed by atoms with Crippen molar-refractivity contribution in [2.24, 2.45) is 5.73 Å². The first-order chi connectivity index (χ1) is 7.23. The van der Waals surface area contributed by atoms with E-state index in [4.69, 9.17) is 10.8 Å². The molecule has 1 unspecified atom stereocenters. The number of nitrogens with two attached hydrogens (primary N) is 1. The predicted octanol–water partition coefficient (Wildman–Crippen LogP) is 1.86. The van der Waals surface area contributed by atoms with Gasteiger partial charge >= 0.3 is 6.18 Å². The van der Waals surface area contributed by atoms with Crippen LogP contribution in [-0.2, 0) is 0 Å².